The highest BCUT2D eigenvalue weighted by Gasteiger charge is 2.13. The molecule has 0 saturated heterocycles. The minimum atomic E-state index is -0.916. The summed E-state index contributed by atoms with van der Waals surface area (Å²) < 4.78 is 60.1. The standard InChI is InChI=1S/C25H14F4O/c1-30-20-13-23(28)25(24(29)14-20)17-7-4-15(5-8-17)2-3-16-6-9-18-11-21(26)22(27)12-19(18)10-16/h4-14H,1H3. The molecule has 0 fully saturated rings. The third-order valence-corrected chi connectivity index (χ3v) is 4.66. The molecule has 0 radical (unpaired) electrons. The van der Waals surface area contributed by atoms with Gasteiger partial charge in [0.15, 0.2) is 11.6 Å². The first-order chi connectivity index (χ1) is 14.4. The Morgan fingerprint density at radius 1 is 0.600 bits per heavy atom. The zero-order chi connectivity index (χ0) is 21.3. The normalized spacial score (nSPS) is 10.6. The van der Waals surface area contributed by atoms with Crippen molar-refractivity contribution in [3.05, 3.63) is 101 Å². The molecule has 0 unspecified atom stereocenters. The second kappa shape index (κ2) is 7.92. The molecule has 0 aliphatic heterocycles. The van der Waals surface area contributed by atoms with Crippen LogP contribution in [0.1, 0.15) is 11.1 Å². The highest BCUT2D eigenvalue weighted by molar-refractivity contribution is 5.84. The Bertz CT molecular complexity index is 1290. The van der Waals surface area contributed by atoms with Gasteiger partial charge in [-0.15, -0.1) is 0 Å². The minimum Gasteiger partial charge on any atom is -0.497 e. The minimum absolute atomic E-state index is 0.106. The van der Waals surface area contributed by atoms with Crippen LogP contribution in [0.15, 0.2) is 66.7 Å². The summed E-state index contributed by atoms with van der Waals surface area (Å²) in [5.41, 5.74) is 1.50. The highest BCUT2D eigenvalue weighted by Crippen LogP contribution is 2.30. The Morgan fingerprint density at radius 3 is 1.80 bits per heavy atom. The largest absolute Gasteiger partial charge is 0.497 e. The lowest BCUT2D eigenvalue weighted by Crippen LogP contribution is -1.93. The number of rotatable bonds is 2. The monoisotopic (exact) mass is 406 g/mol. The Hall–Kier alpha value is -3.78. The molecule has 0 spiro atoms. The first-order valence-corrected chi connectivity index (χ1v) is 8.99. The zero-order valence-corrected chi connectivity index (χ0v) is 15.8. The summed E-state index contributed by atoms with van der Waals surface area (Å²) in [5.74, 6) is 2.76. The average Bonchev–Trinajstić information content (AvgIpc) is 2.73. The van der Waals surface area contributed by atoms with Crippen LogP contribution in [0.3, 0.4) is 0 Å². The summed E-state index contributed by atoms with van der Waals surface area (Å²) in [6, 6.07) is 16.0. The van der Waals surface area contributed by atoms with Crippen LogP contribution in [0, 0.1) is 35.1 Å². The van der Waals surface area contributed by atoms with E-state index >= 15 is 0 Å². The van der Waals surface area contributed by atoms with E-state index in [2.05, 4.69) is 11.8 Å². The molecular weight excluding hydrogens is 392 g/mol. The van der Waals surface area contributed by atoms with Crippen LogP contribution < -0.4 is 4.74 Å². The quantitative estimate of drug-likeness (QED) is 0.274. The molecule has 0 aliphatic rings. The molecule has 5 heteroatoms. The van der Waals surface area contributed by atoms with Gasteiger partial charge in [0.1, 0.15) is 17.4 Å². The molecule has 0 aromatic heterocycles. The van der Waals surface area contributed by atoms with Gasteiger partial charge in [0.05, 0.1) is 12.7 Å². The van der Waals surface area contributed by atoms with Gasteiger partial charge in [0.2, 0.25) is 0 Å². The number of fused-ring (bicyclic) bond motifs is 1. The highest BCUT2D eigenvalue weighted by atomic mass is 19.2. The van der Waals surface area contributed by atoms with Crippen molar-refractivity contribution in [2.24, 2.45) is 0 Å². The number of halogens is 4. The molecule has 0 amide bonds. The molecule has 0 bridgehead atoms. The molecule has 148 valence electrons. The van der Waals surface area contributed by atoms with Crippen LogP contribution in [0.5, 0.6) is 5.75 Å². The molecule has 1 nitrogen and oxygen atoms in total. The lowest BCUT2D eigenvalue weighted by molar-refractivity contribution is 0.407. The van der Waals surface area contributed by atoms with E-state index in [9.17, 15) is 17.6 Å². The molecule has 4 aromatic rings. The van der Waals surface area contributed by atoms with Gasteiger partial charge in [-0.3, -0.25) is 0 Å². The smallest absolute Gasteiger partial charge is 0.159 e. The topological polar surface area (TPSA) is 9.23 Å². The van der Waals surface area contributed by atoms with Crippen LogP contribution in [-0.4, -0.2) is 7.11 Å². The lowest BCUT2D eigenvalue weighted by atomic mass is 10.0. The fourth-order valence-electron chi connectivity index (χ4n) is 3.13. The molecular formula is C25H14F4O. The predicted octanol–water partition coefficient (Wildman–Crippen LogP) is 6.47. The van der Waals surface area contributed by atoms with E-state index in [1.54, 1.807) is 42.5 Å². The SMILES string of the molecule is COc1cc(F)c(-c2ccc(C#Cc3ccc4cc(F)c(F)cc4c3)cc2)c(F)c1. The number of methoxy groups -OCH3 is 1. The zero-order valence-electron chi connectivity index (χ0n) is 15.8. The summed E-state index contributed by atoms with van der Waals surface area (Å²) in [6.07, 6.45) is 0. The van der Waals surface area contributed by atoms with Crippen LogP contribution in [0.4, 0.5) is 17.6 Å². The first kappa shape index (κ1) is 19.5. The van der Waals surface area contributed by atoms with E-state index in [1.807, 2.05) is 0 Å². The molecule has 0 saturated carbocycles. The number of hydrogen-bond acceptors (Lipinski definition) is 1. The summed E-state index contributed by atoms with van der Waals surface area (Å²) in [4.78, 5) is 0. The Kier molecular flexibility index (Phi) is 5.16. The van der Waals surface area contributed by atoms with Gasteiger partial charge in [-0.05, 0) is 52.7 Å². The van der Waals surface area contributed by atoms with E-state index in [4.69, 9.17) is 4.74 Å². The third-order valence-electron chi connectivity index (χ3n) is 4.66. The van der Waals surface area contributed by atoms with Gasteiger partial charge in [-0.2, -0.15) is 0 Å². The Labute approximate surface area is 170 Å². The van der Waals surface area contributed by atoms with Gasteiger partial charge in [-0.1, -0.05) is 30.0 Å². The van der Waals surface area contributed by atoms with Crippen molar-refractivity contribution >= 4 is 10.8 Å². The summed E-state index contributed by atoms with van der Waals surface area (Å²) in [6.45, 7) is 0. The van der Waals surface area contributed by atoms with Crippen LogP contribution in [0.2, 0.25) is 0 Å². The summed E-state index contributed by atoms with van der Waals surface area (Å²) >= 11 is 0. The Morgan fingerprint density at radius 2 is 1.17 bits per heavy atom. The van der Waals surface area contributed by atoms with Crippen molar-refractivity contribution in [1.29, 1.82) is 0 Å². The van der Waals surface area contributed by atoms with Crippen molar-refractivity contribution in [1.82, 2.24) is 0 Å². The third kappa shape index (κ3) is 3.85. The van der Waals surface area contributed by atoms with E-state index < -0.39 is 23.3 Å². The van der Waals surface area contributed by atoms with Crippen molar-refractivity contribution < 1.29 is 22.3 Å². The van der Waals surface area contributed by atoms with E-state index in [0.717, 1.165) is 24.3 Å². The molecule has 30 heavy (non-hydrogen) atoms. The van der Waals surface area contributed by atoms with E-state index in [1.165, 1.54) is 7.11 Å². The maximum Gasteiger partial charge on any atom is 0.159 e. The van der Waals surface area contributed by atoms with Crippen molar-refractivity contribution in [2.45, 2.75) is 0 Å². The number of hydrogen-bond donors (Lipinski definition) is 0. The summed E-state index contributed by atoms with van der Waals surface area (Å²) in [7, 11) is 1.34. The van der Waals surface area contributed by atoms with Crippen LogP contribution in [-0.2, 0) is 0 Å². The maximum atomic E-state index is 14.2. The van der Waals surface area contributed by atoms with Crippen LogP contribution >= 0.6 is 0 Å². The fourth-order valence-corrected chi connectivity index (χ4v) is 3.13. The lowest BCUT2D eigenvalue weighted by Gasteiger charge is -2.08. The molecule has 0 atom stereocenters. The van der Waals surface area contributed by atoms with Crippen LogP contribution in [0.25, 0.3) is 21.9 Å². The van der Waals surface area contributed by atoms with Gasteiger partial charge in [0.25, 0.3) is 0 Å². The molecule has 4 aromatic carbocycles. The number of benzene rings is 4. The average molecular weight is 406 g/mol. The molecule has 0 heterocycles. The summed E-state index contributed by atoms with van der Waals surface area (Å²) in [5, 5.41) is 1.12. The molecule has 0 N–H and O–H groups in total. The van der Waals surface area contributed by atoms with E-state index in [0.29, 0.717) is 27.5 Å². The van der Waals surface area contributed by atoms with Crippen molar-refractivity contribution in [2.75, 3.05) is 7.11 Å². The predicted molar refractivity (Wildman–Crippen MR) is 108 cm³/mol. The second-order valence-corrected chi connectivity index (χ2v) is 6.62. The van der Waals surface area contributed by atoms with Crippen molar-refractivity contribution in [3.8, 4) is 28.7 Å². The molecule has 0 aliphatic carbocycles. The second-order valence-electron chi connectivity index (χ2n) is 6.62. The van der Waals surface area contributed by atoms with Crippen molar-refractivity contribution in [3.63, 3.8) is 0 Å². The van der Waals surface area contributed by atoms with Gasteiger partial charge >= 0.3 is 0 Å². The Balaban J connectivity index is 1.62. The van der Waals surface area contributed by atoms with Gasteiger partial charge < -0.3 is 4.74 Å². The maximum absolute atomic E-state index is 14.2. The molecule has 4 rings (SSSR count). The van der Waals surface area contributed by atoms with Gasteiger partial charge in [0, 0.05) is 23.3 Å². The van der Waals surface area contributed by atoms with Gasteiger partial charge in [-0.25, -0.2) is 17.6 Å². The first-order valence-electron chi connectivity index (χ1n) is 8.99. The fraction of sp³-hybridized carbons (Fsp3) is 0.0400. The number of ether oxygens (including phenoxy) is 1. The van der Waals surface area contributed by atoms with E-state index in [-0.39, 0.29) is 11.3 Å².